The maximum atomic E-state index is 14.1. The third kappa shape index (κ3) is 3.83. The number of rotatable bonds is 4. The number of carbonyl (C=O) groups excluding carboxylic acids is 1. The molecule has 4 aromatic heterocycles. The number of halogens is 4. The topological polar surface area (TPSA) is 103 Å². The van der Waals surface area contributed by atoms with Crippen LogP contribution in [0.25, 0.3) is 22.4 Å². The fourth-order valence-corrected chi connectivity index (χ4v) is 3.65. The lowest BCUT2D eigenvalue weighted by Gasteiger charge is -2.14. The SMILES string of the molecule is O=C(Nc1cnc(-n2nccn2)c(Cl)c1)c1cnn(-c2cccc3ncccc23)c1C(F)(F)F. The van der Waals surface area contributed by atoms with Crippen molar-refractivity contribution in [3.8, 4) is 11.5 Å². The fourth-order valence-electron chi connectivity index (χ4n) is 3.41. The Morgan fingerprint density at radius 3 is 2.50 bits per heavy atom. The molecule has 0 atom stereocenters. The standard InChI is InChI=1S/C21H12ClF3N8O/c22-15-9-12(10-27-19(15)33-28-7-8-29-33)31-20(34)14-11-30-32(18(14)21(23,24)25)17-5-1-4-16-13(17)3-2-6-26-16/h1-11H,(H,31,34). The van der Waals surface area contributed by atoms with Gasteiger partial charge in [0.2, 0.25) is 0 Å². The largest absolute Gasteiger partial charge is 0.434 e. The minimum absolute atomic E-state index is 0.0844. The van der Waals surface area contributed by atoms with Crippen molar-refractivity contribution < 1.29 is 18.0 Å². The number of alkyl halides is 3. The van der Waals surface area contributed by atoms with Gasteiger partial charge in [0.1, 0.15) is 0 Å². The summed E-state index contributed by atoms with van der Waals surface area (Å²) in [5.41, 5.74) is -1.18. The lowest BCUT2D eigenvalue weighted by molar-refractivity contribution is -0.143. The van der Waals surface area contributed by atoms with Crippen LogP contribution in [-0.2, 0) is 6.18 Å². The fraction of sp³-hybridized carbons (Fsp3) is 0.0476. The van der Waals surface area contributed by atoms with E-state index >= 15 is 0 Å². The molecule has 0 saturated carbocycles. The van der Waals surface area contributed by atoms with Gasteiger partial charge in [-0.1, -0.05) is 17.7 Å². The molecule has 0 radical (unpaired) electrons. The minimum Gasteiger partial charge on any atom is -0.320 e. The first-order valence-corrected chi connectivity index (χ1v) is 10.0. The molecule has 0 saturated heterocycles. The van der Waals surface area contributed by atoms with Crippen LogP contribution in [0, 0.1) is 0 Å². The molecule has 1 N–H and O–H groups in total. The van der Waals surface area contributed by atoms with E-state index in [-0.39, 0.29) is 22.2 Å². The Kier molecular flexibility index (Phi) is 5.21. The van der Waals surface area contributed by atoms with Crippen molar-refractivity contribution in [2.75, 3.05) is 5.32 Å². The van der Waals surface area contributed by atoms with Gasteiger partial charge in [-0.05, 0) is 30.3 Å². The van der Waals surface area contributed by atoms with Gasteiger partial charge in [-0.3, -0.25) is 9.78 Å². The van der Waals surface area contributed by atoms with E-state index < -0.39 is 23.3 Å². The smallest absolute Gasteiger partial charge is 0.320 e. The number of aromatic nitrogens is 7. The van der Waals surface area contributed by atoms with E-state index in [0.29, 0.717) is 15.6 Å². The first-order valence-electron chi connectivity index (χ1n) is 9.66. The van der Waals surface area contributed by atoms with Crippen molar-refractivity contribution in [2.45, 2.75) is 6.18 Å². The van der Waals surface area contributed by atoms with Crippen molar-refractivity contribution in [2.24, 2.45) is 0 Å². The molecule has 0 fully saturated rings. The van der Waals surface area contributed by atoms with Crippen LogP contribution < -0.4 is 5.32 Å². The summed E-state index contributed by atoms with van der Waals surface area (Å²) in [4.78, 5) is 22.2. The minimum atomic E-state index is -4.88. The molecule has 4 heterocycles. The molecule has 0 spiro atoms. The van der Waals surface area contributed by atoms with Crippen molar-refractivity contribution in [1.29, 1.82) is 0 Å². The number of fused-ring (bicyclic) bond motifs is 1. The highest BCUT2D eigenvalue weighted by atomic mass is 35.5. The normalized spacial score (nSPS) is 11.6. The summed E-state index contributed by atoms with van der Waals surface area (Å²) in [5, 5.41) is 14.6. The molecule has 5 aromatic rings. The Morgan fingerprint density at radius 1 is 0.971 bits per heavy atom. The molecule has 13 heteroatoms. The lowest BCUT2D eigenvalue weighted by Crippen LogP contribution is -2.21. The molecule has 0 unspecified atom stereocenters. The average Bonchev–Trinajstić information content (AvgIpc) is 3.49. The number of anilines is 1. The van der Waals surface area contributed by atoms with Gasteiger partial charge in [-0.15, -0.1) is 4.80 Å². The summed E-state index contributed by atoms with van der Waals surface area (Å²) in [5.74, 6) is -0.835. The summed E-state index contributed by atoms with van der Waals surface area (Å²) in [7, 11) is 0. The van der Waals surface area contributed by atoms with E-state index in [1.165, 1.54) is 41.7 Å². The van der Waals surface area contributed by atoms with E-state index in [1.54, 1.807) is 24.3 Å². The molecule has 1 amide bonds. The number of carbonyl (C=O) groups is 1. The lowest BCUT2D eigenvalue weighted by atomic mass is 10.1. The van der Waals surface area contributed by atoms with E-state index in [0.717, 1.165) is 6.20 Å². The Hall–Kier alpha value is -4.32. The molecule has 1 aromatic carbocycles. The van der Waals surface area contributed by atoms with Crippen LogP contribution in [0.2, 0.25) is 5.02 Å². The van der Waals surface area contributed by atoms with Crippen LogP contribution in [0.5, 0.6) is 0 Å². The number of benzene rings is 1. The third-order valence-corrected chi connectivity index (χ3v) is 5.10. The van der Waals surface area contributed by atoms with Crippen LogP contribution in [0.3, 0.4) is 0 Å². The first kappa shape index (κ1) is 21.5. The highest BCUT2D eigenvalue weighted by Gasteiger charge is 2.41. The Bertz CT molecular complexity index is 1510. The van der Waals surface area contributed by atoms with Crippen LogP contribution in [0.1, 0.15) is 16.1 Å². The molecule has 34 heavy (non-hydrogen) atoms. The second kappa shape index (κ2) is 8.23. The maximum Gasteiger partial charge on any atom is 0.434 e. The van der Waals surface area contributed by atoms with Gasteiger partial charge >= 0.3 is 6.18 Å². The van der Waals surface area contributed by atoms with Gasteiger partial charge in [0, 0.05) is 11.6 Å². The summed E-state index contributed by atoms with van der Waals surface area (Å²) >= 11 is 6.18. The average molecular weight is 485 g/mol. The van der Waals surface area contributed by atoms with Gasteiger partial charge < -0.3 is 5.32 Å². The molecule has 170 valence electrons. The van der Waals surface area contributed by atoms with Crippen LogP contribution in [0.15, 0.2) is 67.4 Å². The number of pyridine rings is 2. The predicted molar refractivity (Wildman–Crippen MR) is 116 cm³/mol. The molecule has 5 rings (SSSR count). The van der Waals surface area contributed by atoms with Crippen molar-refractivity contribution in [1.82, 2.24) is 34.7 Å². The van der Waals surface area contributed by atoms with E-state index in [4.69, 9.17) is 11.6 Å². The number of hydrogen-bond acceptors (Lipinski definition) is 6. The monoisotopic (exact) mass is 484 g/mol. The van der Waals surface area contributed by atoms with Gasteiger partial charge in [-0.2, -0.15) is 28.5 Å². The van der Waals surface area contributed by atoms with Gasteiger partial charge in [0.25, 0.3) is 5.91 Å². The van der Waals surface area contributed by atoms with E-state index in [9.17, 15) is 18.0 Å². The van der Waals surface area contributed by atoms with Crippen molar-refractivity contribution >= 4 is 34.1 Å². The molecular formula is C21H12ClF3N8O. The zero-order valence-electron chi connectivity index (χ0n) is 16.9. The molecule has 0 aliphatic carbocycles. The summed E-state index contributed by atoms with van der Waals surface area (Å²) < 4.78 is 43.0. The maximum absolute atomic E-state index is 14.1. The molecule has 9 nitrogen and oxygen atoms in total. The first-order chi connectivity index (χ1) is 16.3. The molecular weight excluding hydrogens is 473 g/mol. The quantitative estimate of drug-likeness (QED) is 0.407. The Morgan fingerprint density at radius 2 is 1.76 bits per heavy atom. The predicted octanol–water partition coefficient (Wildman–Crippen LogP) is 4.32. The Balaban J connectivity index is 1.53. The zero-order chi connectivity index (χ0) is 23.9. The van der Waals surface area contributed by atoms with Gasteiger partial charge in [0.05, 0.1) is 52.3 Å². The van der Waals surface area contributed by atoms with Crippen LogP contribution >= 0.6 is 11.6 Å². The van der Waals surface area contributed by atoms with Crippen molar-refractivity contribution in [3.63, 3.8) is 0 Å². The molecule has 0 aliphatic rings. The Labute approximate surface area is 193 Å². The second-order valence-electron chi connectivity index (χ2n) is 6.97. The zero-order valence-corrected chi connectivity index (χ0v) is 17.7. The van der Waals surface area contributed by atoms with Gasteiger partial charge in [-0.25, -0.2) is 9.67 Å². The number of amides is 1. The van der Waals surface area contributed by atoms with Crippen molar-refractivity contribution in [3.05, 3.63) is 83.7 Å². The molecule has 0 aliphatic heterocycles. The van der Waals surface area contributed by atoms with E-state index in [1.807, 2.05) is 0 Å². The summed E-state index contributed by atoms with van der Waals surface area (Å²) in [6.07, 6.45) is 1.61. The summed E-state index contributed by atoms with van der Waals surface area (Å²) in [6.45, 7) is 0. The third-order valence-electron chi connectivity index (χ3n) is 4.82. The number of hydrogen-bond donors (Lipinski definition) is 1. The number of nitrogens with zero attached hydrogens (tertiary/aromatic N) is 7. The van der Waals surface area contributed by atoms with Crippen LogP contribution in [-0.4, -0.2) is 40.6 Å². The number of nitrogens with one attached hydrogen (secondary N) is 1. The van der Waals surface area contributed by atoms with Gasteiger partial charge in [0.15, 0.2) is 11.5 Å². The van der Waals surface area contributed by atoms with Crippen LogP contribution in [0.4, 0.5) is 18.9 Å². The highest BCUT2D eigenvalue weighted by Crippen LogP contribution is 2.35. The van der Waals surface area contributed by atoms with E-state index in [2.05, 4.69) is 30.6 Å². The molecule has 0 bridgehead atoms. The highest BCUT2D eigenvalue weighted by molar-refractivity contribution is 6.32. The second-order valence-corrected chi connectivity index (χ2v) is 7.37. The summed E-state index contributed by atoms with van der Waals surface area (Å²) in [6, 6.07) is 9.27.